The fourth-order valence-corrected chi connectivity index (χ4v) is 2.40. The van der Waals surface area contributed by atoms with Crippen LogP contribution in [0.3, 0.4) is 0 Å². The molecule has 0 atom stereocenters. The Balaban J connectivity index is 1.77. The van der Waals surface area contributed by atoms with Crippen LogP contribution in [0.4, 0.5) is 0 Å². The first-order valence-electron chi connectivity index (χ1n) is 6.50. The van der Waals surface area contributed by atoms with Gasteiger partial charge in [-0.3, -0.25) is 4.98 Å². The first kappa shape index (κ1) is 15.0. The zero-order valence-corrected chi connectivity index (χ0v) is 13.5. The van der Waals surface area contributed by atoms with Crippen LogP contribution in [0.1, 0.15) is 28.2 Å². The van der Waals surface area contributed by atoms with Gasteiger partial charge in [0.1, 0.15) is 0 Å². The molecule has 1 aromatic heterocycles. The average molecular weight is 381 g/mol. The van der Waals surface area contributed by atoms with Crippen molar-refractivity contribution in [2.45, 2.75) is 19.8 Å². The van der Waals surface area contributed by atoms with Gasteiger partial charge in [0.2, 0.25) is 0 Å². The molecule has 0 saturated carbocycles. The number of rotatable bonds is 5. The molecule has 104 valence electrons. The van der Waals surface area contributed by atoms with Crippen LogP contribution < -0.4 is 0 Å². The normalized spacial score (nSPS) is 10.3. The quantitative estimate of drug-likeness (QED) is 0.450. The summed E-state index contributed by atoms with van der Waals surface area (Å²) < 4.78 is 6.29. The third-order valence-corrected chi connectivity index (χ3v) is 3.49. The van der Waals surface area contributed by atoms with Crippen molar-refractivity contribution in [3.05, 3.63) is 63.0 Å². The van der Waals surface area contributed by atoms with E-state index in [1.165, 1.54) is 0 Å². The van der Waals surface area contributed by atoms with Crippen molar-refractivity contribution in [2.75, 3.05) is 6.61 Å². The van der Waals surface area contributed by atoms with Gasteiger partial charge in [-0.05, 0) is 72.7 Å². The Bertz CT molecular complexity index is 599. The topological polar surface area (TPSA) is 39.2 Å². The SMILES string of the molecule is Cc1cccc(CCCOC(=O)c2cccc(I)c2)n1. The number of aromatic nitrogens is 1. The molecule has 0 bridgehead atoms. The van der Waals surface area contributed by atoms with E-state index in [0.29, 0.717) is 12.2 Å². The van der Waals surface area contributed by atoms with E-state index in [1.807, 2.05) is 43.3 Å². The van der Waals surface area contributed by atoms with Crippen molar-refractivity contribution in [3.63, 3.8) is 0 Å². The summed E-state index contributed by atoms with van der Waals surface area (Å²) in [5.74, 6) is -0.263. The number of benzene rings is 1. The molecule has 1 aromatic carbocycles. The Morgan fingerprint density at radius 3 is 2.80 bits per heavy atom. The van der Waals surface area contributed by atoms with Crippen molar-refractivity contribution in [2.24, 2.45) is 0 Å². The fraction of sp³-hybridized carbons (Fsp3) is 0.250. The largest absolute Gasteiger partial charge is 0.462 e. The number of pyridine rings is 1. The fourth-order valence-electron chi connectivity index (χ4n) is 1.86. The number of esters is 1. The van der Waals surface area contributed by atoms with E-state index < -0.39 is 0 Å². The Labute approximate surface area is 132 Å². The third-order valence-electron chi connectivity index (χ3n) is 2.82. The highest BCUT2D eigenvalue weighted by molar-refractivity contribution is 14.1. The minimum Gasteiger partial charge on any atom is -0.462 e. The zero-order chi connectivity index (χ0) is 14.4. The lowest BCUT2D eigenvalue weighted by atomic mass is 10.2. The molecule has 1 heterocycles. The van der Waals surface area contributed by atoms with Gasteiger partial charge in [0, 0.05) is 15.0 Å². The van der Waals surface area contributed by atoms with Crippen molar-refractivity contribution in [3.8, 4) is 0 Å². The summed E-state index contributed by atoms with van der Waals surface area (Å²) in [5.41, 5.74) is 2.65. The first-order chi connectivity index (χ1) is 9.65. The second-order valence-electron chi connectivity index (χ2n) is 4.52. The molecule has 0 radical (unpaired) electrons. The summed E-state index contributed by atoms with van der Waals surface area (Å²) in [6.07, 6.45) is 1.60. The minimum atomic E-state index is -0.263. The summed E-state index contributed by atoms with van der Waals surface area (Å²) in [6, 6.07) is 13.4. The summed E-state index contributed by atoms with van der Waals surface area (Å²) in [4.78, 5) is 16.2. The lowest BCUT2D eigenvalue weighted by molar-refractivity contribution is 0.0500. The van der Waals surface area contributed by atoms with Crippen molar-refractivity contribution in [1.29, 1.82) is 0 Å². The molecule has 0 N–H and O–H groups in total. The highest BCUT2D eigenvalue weighted by Crippen LogP contribution is 2.09. The van der Waals surface area contributed by atoms with Crippen molar-refractivity contribution in [1.82, 2.24) is 4.98 Å². The van der Waals surface area contributed by atoms with Gasteiger partial charge in [-0.2, -0.15) is 0 Å². The summed E-state index contributed by atoms with van der Waals surface area (Å²) in [6.45, 7) is 2.39. The number of carbonyl (C=O) groups excluding carboxylic acids is 1. The Morgan fingerprint density at radius 2 is 2.05 bits per heavy atom. The van der Waals surface area contributed by atoms with Crippen LogP contribution in [0.2, 0.25) is 0 Å². The van der Waals surface area contributed by atoms with Crippen LogP contribution in [0.25, 0.3) is 0 Å². The van der Waals surface area contributed by atoms with Crippen LogP contribution >= 0.6 is 22.6 Å². The average Bonchev–Trinajstić information content (AvgIpc) is 2.43. The second kappa shape index (κ2) is 7.38. The predicted octanol–water partition coefficient (Wildman–Crippen LogP) is 3.78. The Hall–Kier alpha value is -1.43. The summed E-state index contributed by atoms with van der Waals surface area (Å²) in [7, 11) is 0. The summed E-state index contributed by atoms with van der Waals surface area (Å²) >= 11 is 2.18. The molecule has 0 saturated heterocycles. The van der Waals surface area contributed by atoms with Crippen LogP contribution in [0.15, 0.2) is 42.5 Å². The molecule has 20 heavy (non-hydrogen) atoms. The highest BCUT2D eigenvalue weighted by atomic mass is 127. The molecular weight excluding hydrogens is 365 g/mol. The van der Waals surface area contributed by atoms with Gasteiger partial charge in [-0.25, -0.2) is 4.79 Å². The number of hydrogen-bond donors (Lipinski definition) is 0. The maximum atomic E-state index is 11.8. The standard InChI is InChI=1S/C16H16INO2/c1-12-5-2-8-15(18-12)9-4-10-20-16(19)13-6-3-7-14(17)11-13/h2-3,5-8,11H,4,9-10H2,1H3. The third kappa shape index (κ3) is 4.59. The van der Waals surface area contributed by atoms with Gasteiger partial charge in [0.25, 0.3) is 0 Å². The number of halogens is 1. The van der Waals surface area contributed by atoms with Crippen LogP contribution in [0.5, 0.6) is 0 Å². The molecule has 4 heteroatoms. The number of ether oxygens (including phenoxy) is 1. The van der Waals surface area contributed by atoms with Gasteiger partial charge in [0.05, 0.1) is 12.2 Å². The molecule has 2 rings (SSSR count). The molecule has 0 aliphatic carbocycles. The van der Waals surface area contributed by atoms with E-state index in [9.17, 15) is 4.79 Å². The van der Waals surface area contributed by atoms with E-state index >= 15 is 0 Å². The molecule has 0 aliphatic heterocycles. The molecule has 0 aliphatic rings. The Kier molecular flexibility index (Phi) is 5.52. The maximum absolute atomic E-state index is 11.8. The van der Waals surface area contributed by atoms with E-state index in [1.54, 1.807) is 6.07 Å². The van der Waals surface area contributed by atoms with Gasteiger partial charge in [-0.1, -0.05) is 12.1 Å². The monoisotopic (exact) mass is 381 g/mol. The van der Waals surface area contributed by atoms with E-state index in [0.717, 1.165) is 27.8 Å². The molecule has 0 amide bonds. The predicted molar refractivity (Wildman–Crippen MR) is 86.7 cm³/mol. The molecular formula is C16H16INO2. The lowest BCUT2D eigenvalue weighted by Crippen LogP contribution is -2.07. The summed E-state index contributed by atoms with van der Waals surface area (Å²) in [5, 5.41) is 0. The minimum absolute atomic E-state index is 0.263. The van der Waals surface area contributed by atoms with Crippen molar-refractivity contribution < 1.29 is 9.53 Å². The molecule has 0 spiro atoms. The number of carbonyl (C=O) groups is 1. The van der Waals surface area contributed by atoms with Gasteiger partial charge >= 0.3 is 5.97 Å². The van der Waals surface area contributed by atoms with E-state index in [2.05, 4.69) is 27.6 Å². The van der Waals surface area contributed by atoms with Crippen LogP contribution in [-0.2, 0) is 11.2 Å². The van der Waals surface area contributed by atoms with Crippen LogP contribution in [-0.4, -0.2) is 17.6 Å². The second-order valence-corrected chi connectivity index (χ2v) is 5.77. The highest BCUT2D eigenvalue weighted by Gasteiger charge is 2.07. The number of nitrogens with zero attached hydrogens (tertiary/aromatic N) is 1. The molecule has 3 nitrogen and oxygen atoms in total. The first-order valence-corrected chi connectivity index (χ1v) is 7.58. The van der Waals surface area contributed by atoms with E-state index in [-0.39, 0.29) is 5.97 Å². The molecule has 0 unspecified atom stereocenters. The molecule has 2 aromatic rings. The van der Waals surface area contributed by atoms with Gasteiger partial charge < -0.3 is 4.74 Å². The van der Waals surface area contributed by atoms with Crippen LogP contribution in [0, 0.1) is 10.5 Å². The molecule has 0 fully saturated rings. The smallest absolute Gasteiger partial charge is 0.338 e. The van der Waals surface area contributed by atoms with Gasteiger partial charge in [-0.15, -0.1) is 0 Å². The maximum Gasteiger partial charge on any atom is 0.338 e. The Morgan fingerprint density at radius 1 is 1.25 bits per heavy atom. The number of hydrogen-bond acceptors (Lipinski definition) is 3. The number of aryl methyl sites for hydroxylation is 2. The zero-order valence-electron chi connectivity index (χ0n) is 11.3. The van der Waals surface area contributed by atoms with Gasteiger partial charge in [0.15, 0.2) is 0 Å². The lowest BCUT2D eigenvalue weighted by Gasteiger charge is -2.05. The van der Waals surface area contributed by atoms with Crippen molar-refractivity contribution >= 4 is 28.6 Å². The van der Waals surface area contributed by atoms with E-state index in [4.69, 9.17) is 4.74 Å².